The van der Waals surface area contributed by atoms with Gasteiger partial charge < -0.3 is 10.1 Å². The molecule has 4 nitrogen and oxygen atoms in total. The topological polar surface area (TPSA) is 39.1 Å². The van der Waals surface area contributed by atoms with Crippen LogP contribution in [0.3, 0.4) is 0 Å². The average Bonchev–Trinajstić information content (AvgIpc) is 2.90. The van der Waals surface area contributed by atoms with Gasteiger partial charge in [0, 0.05) is 30.5 Å². The fraction of sp³-hybridized carbons (Fsp3) is 0.357. The molecule has 0 saturated carbocycles. The van der Waals surface area contributed by atoms with E-state index in [1.165, 1.54) is 7.11 Å². The van der Waals surface area contributed by atoms with Crippen LogP contribution in [0.4, 0.5) is 4.39 Å². The van der Waals surface area contributed by atoms with Crippen LogP contribution in [-0.2, 0) is 13.1 Å². The third kappa shape index (κ3) is 3.54. The molecule has 2 rings (SSSR count). The van der Waals surface area contributed by atoms with Gasteiger partial charge in [0.05, 0.1) is 13.7 Å². The van der Waals surface area contributed by atoms with Crippen LogP contribution in [-0.4, -0.2) is 22.9 Å². The standard InChI is InChI=1S/C14H18FN3O/c1-11(10-18-8-4-7-17-18)16-9-12-5-3-6-13(19-2)14(12)15/h3-8,11,16H,9-10H2,1-2H3. The van der Waals surface area contributed by atoms with E-state index in [0.717, 1.165) is 6.54 Å². The number of halogens is 1. The van der Waals surface area contributed by atoms with Crippen molar-refractivity contribution in [3.05, 3.63) is 48.0 Å². The number of hydrogen-bond acceptors (Lipinski definition) is 3. The molecule has 0 aliphatic rings. The molecule has 0 radical (unpaired) electrons. The first-order valence-electron chi connectivity index (χ1n) is 6.23. The number of nitrogens with one attached hydrogen (secondary N) is 1. The van der Waals surface area contributed by atoms with E-state index < -0.39 is 0 Å². The van der Waals surface area contributed by atoms with Gasteiger partial charge in [0.15, 0.2) is 11.6 Å². The summed E-state index contributed by atoms with van der Waals surface area (Å²) in [6.07, 6.45) is 3.65. The number of ether oxygens (including phenoxy) is 1. The quantitative estimate of drug-likeness (QED) is 0.868. The van der Waals surface area contributed by atoms with Crippen molar-refractivity contribution in [2.24, 2.45) is 0 Å². The number of rotatable bonds is 6. The molecule has 0 saturated heterocycles. The zero-order valence-electron chi connectivity index (χ0n) is 11.1. The summed E-state index contributed by atoms with van der Waals surface area (Å²) >= 11 is 0. The molecule has 1 heterocycles. The largest absolute Gasteiger partial charge is 0.494 e. The lowest BCUT2D eigenvalue weighted by Crippen LogP contribution is -2.30. The Bertz CT molecular complexity index is 513. The lowest BCUT2D eigenvalue weighted by atomic mass is 10.2. The second-order valence-corrected chi connectivity index (χ2v) is 4.44. The summed E-state index contributed by atoms with van der Waals surface area (Å²) in [6, 6.07) is 7.24. The number of aromatic nitrogens is 2. The fourth-order valence-corrected chi connectivity index (χ4v) is 1.89. The fourth-order valence-electron chi connectivity index (χ4n) is 1.89. The average molecular weight is 263 g/mol. The first-order valence-corrected chi connectivity index (χ1v) is 6.23. The minimum atomic E-state index is -0.302. The second kappa shape index (κ2) is 6.33. The molecule has 1 aromatic heterocycles. The van der Waals surface area contributed by atoms with Crippen LogP contribution in [0.1, 0.15) is 12.5 Å². The van der Waals surface area contributed by atoms with Crippen molar-refractivity contribution in [3.8, 4) is 5.75 Å². The summed E-state index contributed by atoms with van der Waals surface area (Å²) in [5, 5.41) is 7.41. The summed E-state index contributed by atoms with van der Waals surface area (Å²) in [5.74, 6) is -0.0252. The Hall–Kier alpha value is -1.88. The Balaban J connectivity index is 1.91. The van der Waals surface area contributed by atoms with Crippen molar-refractivity contribution in [2.75, 3.05) is 7.11 Å². The number of hydrogen-bond donors (Lipinski definition) is 1. The summed E-state index contributed by atoms with van der Waals surface area (Å²) in [5.41, 5.74) is 0.603. The van der Waals surface area contributed by atoms with Crippen LogP contribution in [0.2, 0.25) is 0 Å². The predicted molar refractivity (Wildman–Crippen MR) is 71.5 cm³/mol. The Kier molecular flexibility index (Phi) is 4.52. The molecular weight excluding hydrogens is 245 g/mol. The maximum atomic E-state index is 13.9. The van der Waals surface area contributed by atoms with Crippen molar-refractivity contribution >= 4 is 0 Å². The van der Waals surface area contributed by atoms with E-state index in [9.17, 15) is 4.39 Å². The van der Waals surface area contributed by atoms with Crippen LogP contribution >= 0.6 is 0 Å². The molecule has 102 valence electrons. The van der Waals surface area contributed by atoms with Gasteiger partial charge in [-0.1, -0.05) is 12.1 Å². The van der Waals surface area contributed by atoms with E-state index in [2.05, 4.69) is 10.4 Å². The monoisotopic (exact) mass is 263 g/mol. The second-order valence-electron chi connectivity index (χ2n) is 4.44. The Morgan fingerprint density at radius 3 is 2.95 bits per heavy atom. The maximum absolute atomic E-state index is 13.9. The van der Waals surface area contributed by atoms with Crippen molar-refractivity contribution in [3.63, 3.8) is 0 Å². The Labute approximate surface area is 112 Å². The van der Waals surface area contributed by atoms with E-state index in [1.54, 1.807) is 24.4 Å². The molecule has 0 fully saturated rings. The molecule has 0 aliphatic carbocycles. The van der Waals surface area contributed by atoms with Crippen LogP contribution in [0.5, 0.6) is 5.75 Å². The van der Waals surface area contributed by atoms with E-state index in [4.69, 9.17) is 4.74 Å². The van der Waals surface area contributed by atoms with Crippen LogP contribution in [0.25, 0.3) is 0 Å². The van der Waals surface area contributed by atoms with Gasteiger partial charge >= 0.3 is 0 Å². The van der Waals surface area contributed by atoms with Crippen molar-refractivity contribution in [1.82, 2.24) is 15.1 Å². The first kappa shape index (κ1) is 13.5. The smallest absolute Gasteiger partial charge is 0.169 e. The highest BCUT2D eigenvalue weighted by Crippen LogP contribution is 2.19. The van der Waals surface area contributed by atoms with Gasteiger partial charge in [0.2, 0.25) is 0 Å². The van der Waals surface area contributed by atoms with Crippen molar-refractivity contribution < 1.29 is 9.13 Å². The predicted octanol–water partition coefficient (Wildman–Crippen LogP) is 2.21. The van der Waals surface area contributed by atoms with Gasteiger partial charge in [-0.25, -0.2) is 4.39 Å². The summed E-state index contributed by atoms with van der Waals surface area (Å²) in [7, 11) is 1.47. The molecular formula is C14H18FN3O. The number of benzene rings is 1. The normalized spacial score (nSPS) is 12.4. The molecule has 1 aromatic carbocycles. The Morgan fingerprint density at radius 1 is 1.42 bits per heavy atom. The molecule has 1 unspecified atom stereocenters. The van der Waals surface area contributed by atoms with Gasteiger partial charge in [-0.15, -0.1) is 0 Å². The molecule has 0 aliphatic heterocycles. The minimum absolute atomic E-state index is 0.200. The lowest BCUT2D eigenvalue weighted by molar-refractivity contribution is 0.381. The molecule has 1 atom stereocenters. The first-order chi connectivity index (χ1) is 9.20. The highest BCUT2D eigenvalue weighted by molar-refractivity contribution is 5.30. The summed E-state index contributed by atoms with van der Waals surface area (Å²) in [4.78, 5) is 0. The van der Waals surface area contributed by atoms with E-state index in [0.29, 0.717) is 12.1 Å². The van der Waals surface area contributed by atoms with Gasteiger partial charge in [-0.05, 0) is 19.1 Å². The summed E-state index contributed by atoms with van der Waals surface area (Å²) in [6.45, 7) is 3.25. The van der Waals surface area contributed by atoms with Gasteiger partial charge in [-0.3, -0.25) is 4.68 Å². The molecule has 2 aromatic rings. The molecule has 19 heavy (non-hydrogen) atoms. The van der Waals surface area contributed by atoms with E-state index in [1.807, 2.05) is 23.9 Å². The number of nitrogens with zero attached hydrogens (tertiary/aromatic N) is 2. The van der Waals surface area contributed by atoms with Crippen molar-refractivity contribution in [2.45, 2.75) is 26.1 Å². The summed E-state index contributed by atoms with van der Waals surface area (Å²) < 4.78 is 20.7. The van der Waals surface area contributed by atoms with Crippen LogP contribution in [0.15, 0.2) is 36.7 Å². The third-order valence-electron chi connectivity index (χ3n) is 2.92. The number of methoxy groups -OCH3 is 1. The van der Waals surface area contributed by atoms with Gasteiger partial charge in [0.25, 0.3) is 0 Å². The Morgan fingerprint density at radius 2 is 2.26 bits per heavy atom. The zero-order chi connectivity index (χ0) is 13.7. The SMILES string of the molecule is COc1cccc(CNC(C)Cn2cccn2)c1F. The molecule has 5 heteroatoms. The third-order valence-corrected chi connectivity index (χ3v) is 2.92. The van der Waals surface area contributed by atoms with E-state index in [-0.39, 0.29) is 17.6 Å². The molecule has 0 spiro atoms. The lowest BCUT2D eigenvalue weighted by Gasteiger charge is -2.15. The maximum Gasteiger partial charge on any atom is 0.169 e. The molecule has 0 amide bonds. The van der Waals surface area contributed by atoms with Crippen molar-refractivity contribution in [1.29, 1.82) is 0 Å². The highest BCUT2D eigenvalue weighted by Gasteiger charge is 2.09. The van der Waals surface area contributed by atoms with Gasteiger partial charge in [0.1, 0.15) is 0 Å². The zero-order valence-corrected chi connectivity index (χ0v) is 11.1. The molecule has 1 N–H and O–H groups in total. The van der Waals surface area contributed by atoms with Crippen LogP contribution in [0, 0.1) is 5.82 Å². The highest BCUT2D eigenvalue weighted by atomic mass is 19.1. The van der Waals surface area contributed by atoms with Crippen LogP contribution < -0.4 is 10.1 Å². The molecule has 0 bridgehead atoms. The minimum Gasteiger partial charge on any atom is -0.494 e. The van der Waals surface area contributed by atoms with Gasteiger partial charge in [-0.2, -0.15) is 5.10 Å². The van der Waals surface area contributed by atoms with E-state index >= 15 is 0 Å².